The minimum absolute atomic E-state index is 0.0461. The predicted molar refractivity (Wildman–Crippen MR) is 130 cm³/mol. The van der Waals surface area contributed by atoms with Gasteiger partial charge in [-0.15, -0.1) is 0 Å². The second-order valence-electron chi connectivity index (χ2n) is 7.77. The molecule has 7 nitrogen and oxygen atoms in total. The van der Waals surface area contributed by atoms with Gasteiger partial charge in [-0.3, -0.25) is 9.59 Å². The number of nitrogens with one attached hydrogen (secondary N) is 2. The fourth-order valence-corrected chi connectivity index (χ4v) is 4.96. The summed E-state index contributed by atoms with van der Waals surface area (Å²) in [5, 5.41) is 5.58. The van der Waals surface area contributed by atoms with Crippen molar-refractivity contribution in [2.75, 3.05) is 18.4 Å². The molecular weight excluding hydrogens is 494 g/mol. The van der Waals surface area contributed by atoms with Crippen LogP contribution in [0.1, 0.15) is 43.6 Å². The number of rotatable bonds is 9. The third kappa shape index (κ3) is 6.17. The van der Waals surface area contributed by atoms with Gasteiger partial charge in [-0.2, -0.15) is 4.31 Å². The minimum Gasteiger partial charge on any atom is -0.340 e. The van der Waals surface area contributed by atoms with Gasteiger partial charge in [-0.1, -0.05) is 49.7 Å². The zero-order valence-corrected chi connectivity index (χ0v) is 21.4. The highest BCUT2D eigenvalue weighted by Gasteiger charge is 2.26. The number of sulfonamides is 1. The number of aryl methyl sites for hydroxylation is 1. The normalized spacial score (nSPS) is 12.6. The van der Waals surface area contributed by atoms with Crippen LogP contribution in [0.5, 0.6) is 0 Å². The molecule has 0 bridgehead atoms. The molecule has 0 aromatic heterocycles. The van der Waals surface area contributed by atoms with E-state index in [4.69, 9.17) is 0 Å². The van der Waals surface area contributed by atoms with Crippen LogP contribution in [0.15, 0.2) is 51.8 Å². The molecule has 0 aliphatic rings. The predicted octanol–water partition coefficient (Wildman–Crippen LogP) is 4.18. The molecule has 174 valence electrons. The van der Waals surface area contributed by atoms with Crippen LogP contribution in [0, 0.1) is 12.8 Å². The Morgan fingerprint density at radius 2 is 1.72 bits per heavy atom. The lowest BCUT2D eigenvalue weighted by atomic mass is 10.0. The zero-order valence-electron chi connectivity index (χ0n) is 19.0. The number of hydrogen-bond acceptors (Lipinski definition) is 4. The maximum absolute atomic E-state index is 12.9. The van der Waals surface area contributed by atoms with Crippen molar-refractivity contribution in [1.29, 1.82) is 0 Å². The average molecular weight is 524 g/mol. The molecule has 0 spiro atoms. The fourth-order valence-electron chi connectivity index (χ4n) is 3.21. The highest BCUT2D eigenvalue weighted by Crippen LogP contribution is 2.21. The number of hydrogen-bond donors (Lipinski definition) is 2. The third-order valence-electron chi connectivity index (χ3n) is 5.10. The van der Waals surface area contributed by atoms with Crippen molar-refractivity contribution < 1.29 is 18.0 Å². The molecule has 2 N–H and O–H groups in total. The van der Waals surface area contributed by atoms with E-state index in [1.54, 1.807) is 19.9 Å². The first kappa shape index (κ1) is 26.0. The summed E-state index contributed by atoms with van der Waals surface area (Å²) in [6.45, 7) is 9.77. The van der Waals surface area contributed by atoms with Crippen LogP contribution in [0.25, 0.3) is 0 Å². The standard InChI is InChI=1S/C23H30BrN3O4S/c1-6-27(7-2)32(30,31)19-10-8-9-17(14-19)22(28)26-21(15(3)4)23(29)25-18-11-12-20(24)16(5)13-18/h8-15,21H,6-7H2,1-5H3,(H,25,29)(H,26,28). The summed E-state index contributed by atoms with van der Waals surface area (Å²) in [5.74, 6) is -1.04. The maximum atomic E-state index is 12.9. The van der Waals surface area contributed by atoms with Gasteiger partial charge in [0.1, 0.15) is 6.04 Å². The van der Waals surface area contributed by atoms with Gasteiger partial charge in [0.15, 0.2) is 0 Å². The molecular formula is C23H30BrN3O4S. The SMILES string of the molecule is CCN(CC)S(=O)(=O)c1cccc(C(=O)NC(C(=O)Nc2ccc(Br)c(C)c2)C(C)C)c1. The molecule has 1 unspecified atom stereocenters. The van der Waals surface area contributed by atoms with Crippen LogP contribution < -0.4 is 10.6 Å². The van der Waals surface area contributed by atoms with Crippen molar-refractivity contribution in [3.05, 3.63) is 58.1 Å². The quantitative estimate of drug-likeness (QED) is 0.515. The number of halogens is 1. The van der Waals surface area contributed by atoms with E-state index in [2.05, 4.69) is 26.6 Å². The Bertz CT molecular complexity index is 1080. The molecule has 2 aromatic rings. The van der Waals surface area contributed by atoms with E-state index in [1.807, 2.05) is 32.9 Å². The van der Waals surface area contributed by atoms with Gasteiger partial charge in [0.25, 0.3) is 5.91 Å². The summed E-state index contributed by atoms with van der Waals surface area (Å²) in [7, 11) is -3.70. The van der Waals surface area contributed by atoms with E-state index in [9.17, 15) is 18.0 Å². The molecule has 0 heterocycles. The Hall–Kier alpha value is -2.23. The molecule has 32 heavy (non-hydrogen) atoms. The van der Waals surface area contributed by atoms with Crippen molar-refractivity contribution >= 4 is 43.5 Å². The molecule has 2 amide bonds. The molecule has 1 atom stereocenters. The smallest absolute Gasteiger partial charge is 0.251 e. The lowest BCUT2D eigenvalue weighted by Crippen LogP contribution is -2.47. The van der Waals surface area contributed by atoms with Crippen LogP contribution in [0.3, 0.4) is 0 Å². The van der Waals surface area contributed by atoms with E-state index >= 15 is 0 Å². The van der Waals surface area contributed by atoms with E-state index < -0.39 is 22.0 Å². The molecule has 0 fully saturated rings. The van der Waals surface area contributed by atoms with Gasteiger partial charge in [0, 0.05) is 28.8 Å². The van der Waals surface area contributed by atoms with Crippen LogP contribution in [0.2, 0.25) is 0 Å². The Labute approximate surface area is 198 Å². The number of anilines is 1. The molecule has 9 heteroatoms. The summed E-state index contributed by atoms with van der Waals surface area (Å²) < 4.78 is 27.8. The second kappa shape index (κ2) is 11.1. The van der Waals surface area contributed by atoms with E-state index in [0.29, 0.717) is 18.8 Å². The first-order chi connectivity index (χ1) is 15.0. The first-order valence-electron chi connectivity index (χ1n) is 10.5. The number of benzene rings is 2. The van der Waals surface area contributed by atoms with Crippen molar-refractivity contribution in [3.63, 3.8) is 0 Å². The largest absolute Gasteiger partial charge is 0.340 e. The van der Waals surface area contributed by atoms with Crippen molar-refractivity contribution in [1.82, 2.24) is 9.62 Å². The van der Waals surface area contributed by atoms with Gasteiger partial charge in [0.2, 0.25) is 15.9 Å². The Balaban J connectivity index is 2.23. The molecule has 0 aliphatic heterocycles. The molecule has 2 aromatic carbocycles. The maximum Gasteiger partial charge on any atom is 0.251 e. The zero-order chi connectivity index (χ0) is 24.1. The van der Waals surface area contributed by atoms with Crippen LogP contribution in [0.4, 0.5) is 5.69 Å². The monoisotopic (exact) mass is 523 g/mol. The topological polar surface area (TPSA) is 95.6 Å². The third-order valence-corrected chi connectivity index (χ3v) is 8.04. The lowest BCUT2D eigenvalue weighted by molar-refractivity contribution is -0.118. The molecule has 0 aliphatic carbocycles. The van der Waals surface area contributed by atoms with E-state index in [0.717, 1.165) is 10.0 Å². The summed E-state index contributed by atoms with van der Waals surface area (Å²) in [6.07, 6.45) is 0. The number of amides is 2. The number of carbonyl (C=O) groups excluding carboxylic acids is 2. The van der Waals surface area contributed by atoms with Gasteiger partial charge < -0.3 is 10.6 Å². The van der Waals surface area contributed by atoms with Gasteiger partial charge >= 0.3 is 0 Å². The highest BCUT2D eigenvalue weighted by molar-refractivity contribution is 9.10. The highest BCUT2D eigenvalue weighted by atomic mass is 79.9. The Kier molecular flexibility index (Phi) is 9.00. The number of carbonyl (C=O) groups is 2. The summed E-state index contributed by atoms with van der Waals surface area (Å²) in [6, 6.07) is 10.5. The van der Waals surface area contributed by atoms with Crippen LogP contribution >= 0.6 is 15.9 Å². The first-order valence-corrected chi connectivity index (χ1v) is 12.7. The van der Waals surface area contributed by atoms with Gasteiger partial charge in [-0.25, -0.2) is 8.42 Å². The number of nitrogens with zero attached hydrogens (tertiary/aromatic N) is 1. The van der Waals surface area contributed by atoms with Crippen LogP contribution in [-0.2, 0) is 14.8 Å². The molecule has 0 saturated carbocycles. The Morgan fingerprint density at radius 3 is 2.28 bits per heavy atom. The van der Waals surface area contributed by atoms with Crippen molar-refractivity contribution in [2.45, 2.75) is 45.6 Å². The molecule has 2 rings (SSSR count). The van der Waals surface area contributed by atoms with E-state index in [-0.39, 0.29) is 22.3 Å². The fraction of sp³-hybridized carbons (Fsp3) is 0.391. The Morgan fingerprint density at radius 1 is 1.06 bits per heavy atom. The van der Waals surface area contributed by atoms with Crippen LogP contribution in [-0.4, -0.2) is 43.7 Å². The summed E-state index contributed by atoms with van der Waals surface area (Å²) in [4.78, 5) is 25.8. The lowest BCUT2D eigenvalue weighted by Gasteiger charge is -2.22. The van der Waals surface area contributed by atoms with Crippen molar-refractivity contribution in [2.24, 2.45) is 5.92 Å². The van der Waals surface area contributed by atoms with E-state index in [1.165, 1.54) is 28.6 Å². The summed E-state index contributed by atoms with van der Waals surface area (Å²) >= 11 is 3.43. The second-order valence-corrected chi connectivity index (χ2v) is 10.6. The summed E-state index contributed by atoms with van der Waals surface area (Å²) in [5.41, 5.74) is 1.78. The average Bonchev–Trinajstić information content (AvgIpc) is 2.74. The van der Waals surface area contributed by atoms with Crippen molar-refractivity contribution in [3.8, 4) is 0 Å². The van der Waals surface area contributed by atoms with Gasteiger partial charge in [0.05, 0.1) is 4.90 Å². The molecule has 0 radical (unpaired) electrons. The minimum atomic E-state index is -3.70. The molecule has 0 saturated heterocycles. The van der Waals surface area contributed by atoms with Gasteiger partial charge in [-0.05, 0) is 54.8 Å².